The number of carbonyl (C=O) groups is 1. The molecule has 1 fully saturated rings. The van der Waals surface area contributed by atoms with Crippen molar-refractivity contribution >= 4 is 35.1 Å². The summed E-state index contributed by atoms with van der Waals surface area (Å²) in [6.07, 6.45) is 6.37. The van der Waals surface area contributed by atoms with E-state index in [1.54, 1.807) is 26.6 Å². The molecule has 38 heavy (non-hydrogen) atoms. The first-order valence-corrected chi connectivity index (χ1v) is 13.3. The fourth-order valence-corrected chi connectivity index (χ4v) is 5.19. The molecule has 10 heteroatoms. The molecule has 2 heterocycles. The Morgan fingerprint density at radius 2 is 1.79 bits per heavy atom. The highest BCUT2D eigenvalue weighted by atomic mass is 35.5. The van der Waals surface area contributed by atoms with Gasteiger partial charge in [-0.1, -0.05) is 35.3 Å². The average Bonchev–Trinajstić information content (AvgIpc) is 3.27. The number of rotatable bonds is 11. The van der Waals surface area contributed by atoms with Gasteiger partial charge in [0, 0.05) is 37.1 Å². The van der Waals surface area contributed by atoms with Gasteiger partial charge in [-0.25, -0.2) is 9.97 Å². The van der Waals surface area contributed by atoms with E-state index < -0.39 is 0 Å². The van der Waals surface area contributed by atoms with Gasteiger partial charge in [-0.2, -0.15) is 0 Å². The lowest BCUT2D eigenvalue weighted by atomic mass is 9.96. The van der Waals surface area contributed by atoms with E-state index in [0.29, 0.717) is 46.0 Å². The third kappa shape index (κ3) is 7.28. The van der Waals surface area contributed by atoms with E-state index in [-0.39, 0.29) is 12.5 Å². The van der Waals surface area contributed by atoms with E-state index in [1.807, 2.05) is 36.4 Å². The van der Waals surface area contributed by atoms with Gasteiger partial charge in [-0.05, 0) is 67.6 Å². The van der Waals surface area contributed by atoms with Crippen molar-refractivity contribution in [2.45, 2.75) is 25.3 Å². The molecule has 1 amide bonds. The standard InChI is InChI=1S/C28H33Cl2N5O3/c1-35-17-19(10-18-4-6-23(29)24(30)12-18)11-22(35)8-9-31-27(36)16-34-28-32-14-21(15-33-28)20-5-7-25(37-2)26(13-20)38-3/h4-7,12-15,19,22H,8-11,16-17H2,1-3H3,(H,31,36)(H,32,33,34). The molecule has 1 aliphatic rings. The zero-order valence-corrected chi connectivity index (χ0v) is 23.4. The van der Waals surface area contributed by atoms with Gasteiger partial charge >= 0.3 is 0 Å². The maximum absolute atomic E-state index is 12.4. The molecule has 0 aliphatic carbocycles. The van der Waals surface area contributed by atoms with Crippen LogP contribution in [0.2, 0.25) is 10.0 Å². The predicted octanol–water partition coefficient (Wildman–Crippen LogP) is 4.95. The van der Waals surface area contributed by atoms with E-state index in [2.05, 4.69) is 32.5 Å². The van der Waals surface area contributed by atoms with Crippen molar-refractivity contribution in [3.63, 3.8) is 0 Å². The van der Waals surface area contributed by atoms with Gasteiger partial charge in [0.05, 0.1) is 30.8 Å². The zero-order chi connectivity index (χ0) is 27.1. The number of likely N-dealkylation sites (tertiary alicyclic amines) is 1. The molecule has 8 nitrogen and oxygen atoms in total. The van der Waals surface area contributed by atoms with Gasteiger partial charge in [0.15, 0.2) is 11.5 Å². The lowest BCUT2D eigenvalue weighted by Gasteiger charge is -2.19. The number of hydrogen-bond acceptors (Lipinski definition) is 7. The molecule has 3 aromatic rings. The normalized spacial score (nSPS) is 17.3. The second-order valence-electron chi connectivity index (χ2n) is 9.51. The molecule has 0 saturated carbocycles. The molecule has 0 spiro atoms. The lowest BCUT2D eigenvalue weighted by Crippen LogP contribution is -2.34. The highest BCUT2D eigenvalue weighted by Crippen LogP contribution is 2.32. The van der Waals surface area contributed by atoms with Crippen molar-refractivity contribution in [3.05, 3.63) is 64.4 Å². The smallest absolute Gasteiger partial charge is 0.239 e. The molecule has 2 N–H and O–H groups in total. The van der Waals surface area contributed by atoms with Crippen molar-refractivity contribution in [2.75, 3.05) is 46.2 Å². The van der Waals surface area contributed by atoms with Crippen LogP contribution in [0.5, 0.6) is 11.5 Å². The number of aromatic nitrogens is 2. The quantitative estimate of drug-likeness (QED) is 0.344. The van der Waals surface area contributed by atoms with Crippen LogP contribution in [0, 0.1) is 5.92 Å². The largest absolute Gasteiger partial charge is 0.493 e. The van der Waals surface area contributed by atoms with Gasteiger partial charge in [0.2, 0.25) is 11.9 Å². The number of nitrogens with one attached hydrogen (secondary N) is 2. The van der Waals surface area contributed by atoms with E-state index in [1.165, 1.54) is 5.56 Å². The Labute approximate surface area is 233 Å². The molecule has 0 bridgehead atoms. The summed E-state index contributed by atoms with van der Waals surface area (Å²) in [5, 5.41) is 7.17. The summed E-state index contributed by atoms with van der Waals surface area (Å²) in [7, 11) is 5.34. The van der Waals surface area contributed by atoms with Crippen LogP contribution in [0.3, 0.4) is 0 Å². The van der Waals surface area contributed by atoms with Crippen LogP contribution in [0.4, 0.5) is 5.95 Å². The average molecular weight is 559 g/mol. The Bertz CT molecular complexity index is 1240. The van der Waals surface area contributed by atoms with Crippen molar-refractivity contribution in [1.29, 1.82) is 0 Å². The lowest BCUT2D eigenvalue weighted by molar-refractivity contribution is -0.119. The Morgan fingerprint density at radius 3 is 2.50 bits per heavy atom. The van der Waals surface area contributed by atoms with Crippen molar-refractivity contribution in [1.82, 2.24) is 20.2 Å². The molecule has 2 aromatic carbocycles. The summed E-state index contributed by atoms with van der Waals surface area (Å²) in [5.41, 5.74) is 2.94. The SMILES string of the molecule is COc1ccc(-c2cnc(NCC(=O)NCCC3CC(Cc4ccc(Cl)c(Cl)c4)CN3C)nc2)cc1OC. The first kappa shape index (κ1) is 28.0. The highest BCUT2D eigenvalue weighted by Gasteiger charge is 2.29. The Kier molecular flexibility index (Phi) is 9.66. The number of anilines is 1. The minimum atomic E-state index is -0.0921. The third-order valence-corrected chi connectivity index (χ3v) is 7.60. The Balaban J connectivity index is 1.19. The number of benzene rings is 2. The van der Waals surface area contributed by atoms with Gasteiger partial charge in [0.25, 0.3) is 0 Å². The summed E-state index contributed by atoms with van der Waals surface area (Å²) >= 11 is 12.2. The Hall–Kier alpha value is -3.07. The number of carbonyl (C=O) groups excluding carboxylic acids is 1. The Morgan fingerprint density at radius 1 is 1.03 bits per heavy atom. The summed E-state index contributed by atoms with van der Waals surface area (Å²) in [6, 6.07) is 11.9. The number of amides is 1. The van der Waals surface area contributed by atoms with Crippen LogP contribution in [-0.4, -0.2) is 67.7 Å². The number of hydrogen-bond donors (Lipinski definition) is 2. The molecule has 2 atom stereocenters. The van der Waals surface area contributed by atoms with E-state index in [4.69, 9.17) is 32.7 Å². The minimum Gasteiger partial charge on any atom is -0.493 e. The number of halogens is 2. The highest BCUT2D eigenvalue weighted by molar-refractivity contribution is 6.42. The molecule has 1 aliphatic heterocycles. The molecule has 1 saturated heterocycles. The van der Waals surface area contributed by atoms with Gasteiger partial charge in [-0.15, -0.1) is 0 Å². The maximum Gasteiger partial charge on any atom is 0.239 e. The van der Waals surface area contributed by atoms with Crippen LogP contribution in [-0.2, 0) is 11.2 Å². The first-order chi connectivity index (χ1) is 18.4. The third-order valence-electron chi connectivity index (χ3n) is 6.86. The van der Waals surface area contributed by atoms with E-state index in [9.17, 15) is 4.79 Å². The monoisotopic (exact) mass is 557 g/mol. The van der Waals surface area contributed by atoms with Crippen molar-refractivity contribution in [2.24, 2.45) is 5.92 Å². The molecule has 2 unspecified atom stereocenters. The summed E-state index contributed by atoms with van der Waals surface area (Å²) in [4.78, 5) is 23.4. The maximum atomic E-state index is 12.4. The van der Waals surface area contributed by atoms with Crippen molar-refractivity contribution < 1.29 is 14.3 Å². The van der Waals surface area contributed by atoms with Crippen molar-refractivity contribution in [3.8, 4) is 22.6 Å². The molecule has 202 valence electrons. The second-order valence-corrected chi connectivity index (χ2v) is 10.3. The van der Waals surface area contributed by atoms with Gasteiger partial charge in [-0.3, -0.25) is 4.79 Å². The predicted molar refractivity (Wildman–Crippen MR) is 151 cm³/mol. The number of methoxy groups -OCH3 is 2. The van der Waals surface area contributed by atoms with Crippen LogP contribution < -0.4 is 20.1 Å². The molecule has 0 radical (unpaired) electrons. The van der Waals surface area contributed by atoms with Crippen LogP contribution >= 0.6 is 23.2 Å². The zero-order valence-electron chi connectivity index (χ0n) is 21.8. The summed E-state index contributed by atoms with van der Waals surface area (Å²) in [6.45, 7) is 1.75. The molecule has 4 rings (SSSR count). The van der Waals surface area contributed by atoms with Crippen LogP contribution in [0.15, 0.2) is 48.8 Å². The minimum absolute atomic E-state index is 0.0921. The topological polar surface area (TPSA) is 88.6 Å². The summed E-state index contributed by atoms with van der Waals surface area (Å²) < 4.78 is 10.6. The number of nitrogens with zero attached hydrogens (tertiary/aromatic N) is 3. The van der Waals surface area contributed by atoms with Crippen LogP contribution in [0.1, 0.15) is 18.4 Å². The van der Waals surface area contributed by atoms with Crippen LogP contribution in [0.25, 0.3) is 11.1 Å². The van der Waals surface area contributed by atoms with E-state index >= 15 is 0 Å². The van der Waals surface area contributed by atoms with Gasteiger partial charge in [0.1, 0.15) is 0 Å². The fourth-order valence-electron chi connectivity index (χ4n) is 4.87. The van der Waals surface area contributed by atoms with Gasteiger partial charge < -0.3 is 25.0 Å². The second kappa shape index (κ2) is 13.1. The van der Waals surface area contributed by atoms with E-state index in [0.717, 1.165) is 36.9 Å². The summed E-state index contributed by atoms with van der Waals surface area (Å²) in [5.74, 6) is 2.15. The number of ether oxygens (including phenoxy) is 2. The first-order valence-electron chi connectivity index (χ1n) is 12.6. The molecular weight excluding hydrogens is 525 g/mol. The molecular formula is C28H33Cl2N5O3. The molecule has 1 aromatic heterocycles. The fraction of sp³-hybridized carbons (Fsp3) is 0.393.